The van der Waals surface area contributed by atoms with Gasteiger partial charge < -0.3 is 9.84 Å². The molecule has 0 spiro atoms. The maximum Gasteiger partial charge on any atom is 0.176 e. The van der Waals surface area contributed by atoms with Crippen LogP contribution in [-0.2, 0) is 13.2 Å². The van der Waals surface area contributed by atoms with Crippen LogP contribution in [-0.4, -0.2) is 19.9 Å². The molecule has 1 heterocycles. The normalized spacial score (nSPS) is 13.2. The molecule has 0 saturated carbocycles. The van der Waals surface area contributed by atoms with Crippen LogP contribution < -0.4 is 4.74 Å². The number of benzene rings is 2. The summed E-state index contributed by atoms with van der Waals surface area (Å²) in [5, 5.41) is 13.1. The van der Waals surface area contributed by atoms with Gasteiger partial charge in [0.2, 0.25) is 0 Å². The summed E-state index contributed by atoms with van der Waals surface area (Å²) in [5.41, 5.74) is 2.66. The van der Waals surface area contributed by atoms with E-state index in [2.05, 4.69) is 10.1 Å². The van der Waals surface area contributed by atoms with Gasteiger partial charge >= 0.3 is 0 Å². The summed E-state index contributed by atoms with van der Waals surface area (Å²) in [4.78, 5) is 3.97. The minimum absolute atomic E-state index is 0.178. The summed E-state index contributed by atoms with van der Waals surface area (Å²) in [5.74, 6) is 0.970. The Labute approximate surface area is 139 Å². The van der Waals surface area contributed by atoms with Crippen molar-refractivity contribution in [2.45, 2.75) is 27.0 Å². The van der Waals surface area contributed by atoms with Gasteiger partial charge in [0, 0.05) is 4.11 Å². The topological polar surface area (TPSA) is 60.2 Å². The van der Waals surface area contributed by atoms with Crippen LogP contribution in [0.25, 0.3) is 5.69 Å². The van der Waals surface area contributed by atoms with Crippen molar-refractivity contribution in [2.75, 3.05) is 0 Å². The van der Waals surface area contributed by atoms with Gasteiger partial charge in [-0.05, 0) is 54.7 Å². The smallest absolute Gasteiger partial charge is 0.176 e. The highest BCUT2D eigenvalue weighted by Crippen LogP contribution is 2.19. The van der Waals surface area contributed by atoms with E-state index in [1.807, 2.05) is 25.1 Å². The van der Waals surface area contributed by atoms with Gasteiger partial charge in [0.05, 0.1) is 5.69 Å². The van der Waals surface area contributed by atoms with Crippen molar-refractivity contribution in [3.05, 3.63) is 71.3 Å². The molecule has 23 heavy (non-hydrogen) atoms. The first-order valence-corrected chi connectivity index (χ1v) is 7.22. The summed E-state index contributed by atoms with van der Waals surface area (Å²) in [7, 11) is 0. The molecule has 0 amide bonds. The zero-order valence-electron chi connectivity index (χ0n) is 15.7. The Balaban J connectivity index is 1.75. The van der Waals surface area contributed by atoms with E-state index in [1.54, 1.807) is 28.9 Å². The van der Waals surface area contributed by atoms with Gasteiger partial charge in [-0.2, -0.15) is 0 Å². The summed E-state index contributed by atoms with van der Waals surface area (Å²) in [6.45, 7) is -0.333. The molecule has 5 nitrogen and oxygen atoms in total. The number of aryl methyl sites for hydroxylation is 2. The van der Waals surface area contributed by atoms with Gasteiger partial charge in [0.25, 0.3) is 0 Å². The van der Waals surface area contributed by atoms with Crippen molar-refractivity contribution in [1.29, 1.82) is 0 Å². The van der Waals surface area contributed by atoms with Crippen molar-refractivity contribution in [2.24, 2.45) is 0 Å². The summed E-state index contributed by atoms with van der Waals surface area (Å²) >= 11 is 0. The van der Waals surface area contributed by atoms with Gasteiger partial charge in [-0.25, -0.2) is 9.67 Å². The van der Waals surface area contributed by atoms with Crippen LogP contribution in [0.4, 0.5) is 0 Å². The highest BCUT2D eigenvalue weighted by molar-refractivity contribution is 5.37. The third-order valence-corrected chi connectivity index (χ3v) is 3.58. The van der Waals surface area contributed by atoms with Crippen LogP contribution in [0.2, 0.25) is 0 Å². The molecule has 2 aromatic carbocycles. The zero-order chi connectivity index (χ0) is 18.7. The number of hydrogen-bond acceptors (Lipinski definition) is 4. The third-order valence-electron chi connectivity index (χ3n) is 3.58. The molecule has 5 heteroatoms. The highest BCUT2D eigenvalue weighted by Gasteiger charge is 2.05. The van der Waals surface area contributed by atoms with Crippen molar-refractivity contribution >= 4 is 0 Å². The number of aromatic nitrogens is 3. The molecule has 0 saturated heterocycles. The van der Waals surface area contributed by atoms with E-state index in [0.29, 0.717) is 22.7 Å². The van der Waals surface area contributed by atoms with E-state index in [0.717, 1.165) is 11.3 Å². The molecule has 0 atom stereocenters. The molecule has 0 unspecified atom stereocenters. The molecule has 0 aliphatic carbocycles. The van der Waals surface area contributed by atoms with E-state index in [-0.39, 0.29) is 13.2 Å². The largest absolute Gasteiger partial charge is 0.489 e. The quantitative estimate of drug-likeness (QED) is 0.787. The molecule has 0 bridgehead atoms. The number of rotatable bonds is 5. The first-order chi connectivity index (χ1) is 12.4. The number of nitrogens with zero attached hydrogens (tertiary/aromatic N) is 3. The zero-order valence-corrected chi connectivity index (χ0v) is 12.7. The van der Waals surface area contributed by atoms with E-state index in [4.69, 9.17) is 14.0 Å². The molecule has 1 aromatic heterocycles. The van der Waals surface area contributed by atoms with Crippen LogP contribution in [0.15, 0.2) is 48.8 Å². The summed E-state index contributed by atoms with van der Waals surface area (Å²) in [6.07, 6.45) is 1.53. The fraction of sp³-hybridized carbons (Fsp3) is 0.222. The number of ether oxygens (including phenoxy) is 1. The molecule has 0 aliphatic heterocycles. The van der Waals surface area contributed by atoms with Gasteiger partial charge in [-0.1, -0.05) is 18.2 Å². The molecule has 1 N–H and O–H groups in total. The molecule has 0 radical (unpaired) electrons. The van der Waals surface area contributed by atoms with Crippen LogP contribution in [0.3, 0.4) is 0 Å². The van der Waals surface area contributed by atoms with Crippen LogP contribution in [0.1, 0.15) is 26.6 Å². The second-order valence-electron chi connectivity index (χ2n) is 5.15. The van der Waals surface area contributed by atoms with E-state index < -0.39 is 6.85 Å². The molecule has 118 valence electrons. The number of hydrogen-bond donors (Lipinski definition) is 1. The fourth-order valence-corrected chi connectivity index (χ4v) is 2.24. The van der Waals surface area contributed by atoms with Crippen molar-refractivity contribution in [3.63, 3.8) is 0 Å². The van der Waals surface area contributed by atoms with Crippen molar-refractivity contribution < 1.29 is 14.0 Å². The monoisotopic (exact) mass is 312 g/mol. The first kappa shape index (κ1) is 11.8. The lowest BCUT2D eigenvalue weighted by Crippen LogP contribution is -2.01. The molecule has 3 aromatic rings. The molecular formula is C18H19N3O2. The Morgan fingerprint density at radius 3 is 2.65 bits per heavy atom. The Morgan fingerprint density at radius 1 is 1.17 bits per heavy atom. The lowest BCUT2D eigenvalue weighted by atomic mass is 10.0. The predicted molar refractivity (Wildman–Crippen MR) is 87.5 cm³/mol. The van der Waals surface area contributed by atoms with Crippen molar-refractivity contribution in [3.8, 4) is 11.4 Å². The Kier molecular flexibility index (Phi) is 3.41. The minimum atomic E-state index is -2.17. The average molecular weight is 312 g/mol. The Hall–Kier alpha value is -2.66. The minimum Gasteiger partial charge on any atom is -0.489 e. The van der Waals surface area contributed by atoms with Crippen molar-refractivity contribution in [1.82, 2.24) is 14.8 Å². The maximum absolute atomic E-state index is 9.02. The second-order valence-corrected chi connectivity index (χ2v) is 5.15. The Bertz CT molecular complexity index is 889. The number of aliphatic hydroxyl groups is 1. The predicted octanol–water partition coefficient (Wildman–Crippen LogP) is 2.96. The highest BCUT2D eigenvalue weighted by atomic mass is 16.5. The maximum atomic E-state index is 9.02. The molecule has 0 aliphatic rings. The second kappa shape index (κ2) is 6.62. The average Bonchev–Trinajstić information content (AvgIpc) is 3.09. The Morgan fingerprint density at radius 2 is 1.96 bits per heavy atom. The van der Waals surface area contributed by atoms with E-state index >= 15 is 0 Å². The van der Waals surface area contributed by atoms with E-state index in [9.17, 15) is 0 Å². The summed E-state index contributed by atoms with van der Waals surface area (Å²) in [6, 6.07) is 12.4. The SMILES string of the molecule is [2H]C([2H])([2H])c1cccc(C)c1COc1ccc(-n2cnc(CO)n2)cc1. The standard InChI is InChI=1S/C18H19N3O2/c1-13-4-3-5-14(2)17(13)11-23-16-8-6-15(7-9-16)21-12-19-18(10-22)20-21/h3-9,12,22H,10-11H2,1-2H3/i1D3. The van der Waals surface area contributed by atoms with E-state index in [1.165, 1.54) is 6.33 Å². The fourth-order valence-electron chi connectivity index (χ4n) is 2.24. The molecule has 3 rings (SSSR count). The lowest BCUT2D eigenvalue weighted by molar-refractivity contribution is 0.271. The van der Waals surface area contributed by atoms with Gasteiger partial charge in [-0.15, -0.1) is 5.10 Å². The van der Waals surface area contributed by atoms with Crippen LogP contribution in [0.5, 0.6) is 5.75 Å². The first-order valence-electron chi connectivity index (χ1n) is 8.72. The van der Waals surface area contributed by atoms with Gasteiger partial charge in [-0.3, -0.25) is 0 Å². The summed E-state index contributed by atoms with van der Waals surface area (Å²) < 4.78 is 30.4. The molecular weight excluding hydrogens is 290 g/mol. The van der Waals surface area contributed by atoms with Gasteiger partial charge in [0.1, 0.15) is 25.3 Å². The van der Waals surface area contributed by atoms with Crippen LogP contribution in [0, 0.1) is 13.8 Å². The number of aliphatic hydroxyl groups excluding tert-OH is 1. The van der Waals surface area contributed by atoms with Gasteiger partial charge in [0.15, 0.2) is 5.82 Å². The third kappa shape index (κ3) is 3.40. The lowest BCUT2D eigenvalue weighted by Gasteiger charge is -2.11. The molecule has 0 fully saturated rings. The van der Waals surface area contributed by atoms with Crippen LogP contribution >= 0.6 is 0 Å².